The van der Waals surface area contributed by atoms with E-state index in [0.29, 0.717) is 54.0 Å². The van der Waals surface area contributed by atoms with Gasteiger partial charge in [-0.2, -0.15) is 5.10 Å². The van der Waals surface area contributed by atoms with Gasteiger partial charge in [-0.15, -0.1) is 0 Å². The highest BCUT2D eigenvalue weighted by Crippen LogP contribution is 2.32. The van der Waals surface area contributed by atoms with Crippen LogP contribution in [0.1, 0.15) is 41.7 Å². The second kappa shape index (κ2) is 9.71. The highest BCUT2D eigenvalue weighted by Gasteiger charge is 2.28. The molecule has 2 heterocycles. The number of aliphatic carboxylic acids is 1. The van der Waals surface area contributed by atoms with Crippen LogP contribution < -0.4 is 10.1 Å². The van der Waals surface area contributed by atoms with Crippen LogP contribution in [-0.2, 0) is 4.79 Å². The van der Waals surface area contributed by atoms with Crippen molar-refractivity contribution in [3.8, 4) is 11.5 Å². The third kappa shape index (κ3) is 4.81. The molecule has 3 N–H and O–H groups in total. The zero-order valence-corrected chi connectivity index (χ0v) is 19.3. The van der Waals surface area contributed by atoms with Gasteiger partial charge in [-0.3, -0.25) is 14.7 Å². The minimum Gasteiger partial charge on any atom is -0.481 e. The molecule has 0 saturated heterocycles. The Kier molecular flexibility index (Phi) is 6.33. The molecule has 5 rings (SSSR count). The minimum absolute atomic E-state index is 0.0413. The molecule has 178 valence electrons. The van der Waals surface area contributed by atoms with E-state index in [0.717, 1.165) is 0 Å². The highest BCUT2D eigenvalue weighted by atomic mass is 35.5. The van der Waals surface area contributed by atoms with Gasteiger partial charge in [0.05, 0.1) is 16.3 Å². The van der Waals surface area contributed by atoms with Gasteiger partial charge in [0.2, 0.25) is 5.78 Å². The number of carboxylic acid groups (broad SMARTS) is 1. The fourth-order valence-electron chi connectivity index (χ4n) is 4.31. The van der Waals surface area contributed by atoms with E-state index < -0.39 is 5.97 Å². The summed E-state index contributed by atoms with van der Waals surface area (Å²) in [5.74, 6) is 0.192. The fourth-order valence-corrected chi connectivity index (χ4v) is 4.56. The van der Waals surface area contributed by atoms with Crippen molar-refractivity contribution in [2.45, 2.75) is 31.7 Å². The minimum atomic E-state index is -0.757. The number of anilines is 1. The normalized spacial score (nSPS) is 17.7. The largest absolute Gasteiger partial charge is 0.481 e. The van der Waals surface area contributed by atoms with Crippen LogP contribution in [0.5, 0.6) is 11.5 Å². The van der Waals surface area contributed by atoms with E-state index in [2.05, 4.69) is 25.5 Å². The van der Waals surface area contributed by atoms with Gasteiger partial charge in [-0.1, -0.05) is 29.8 Å². The van der Waals surface area contributed by atoms with Gasteiger partial charge in [0.1, 0.15) is 29.3 Å². The lowest BCUT2D eigenvalue weighted by molar-refractivity contribution is -0.142. The Morgan fingerprint density at radius 1 is 1.03 bits per heavy atom. The number of nitrogens with zero attached hydrogens (tertiary/aromatic N) is 3. The molecule has 35 heavy (non-hydrogen) atoms. The number of benzene rings is 2. The Labute approximate surface area is 205 Å². The summed E-state index contributed by atoms with van der Waals surface area (Å²) in [4.78, 5) is 33.2. The average molecular weight is 492 g/mol. The molecule has 0 amide bonds. The van der Waals surface area contributed by atoms with Crippen molar-refractivity contribution < 1.29 is 19.4 Å². The van der Waals surface area contributed by atoms with Crippen LogP contribution in [-0.4, -0.2) is 43.1 Å². The summed E-state index contributed by atoms with van der Waals surface area (Å²) in [6, 6.07) is 14.2. The first-order valence-corrected chi connectivity index (χ1v) is 11.6. The number of aromatic amines is 1. The third-order valence-electron chi connectivity index (χ3n) is 6.15. The number of carbonyl (C=O) groups excluding carboxylic acids is 1. The summed E-state index contributed by atoms with van der Waals surface area (Å²) in [6.07, 6.45) is 3.95. The summed E-state index contributed by atoms with van der Waals surface area (Å²) in [5, 5.41) is 20.3. The summed E-state index contributed by atoms with van der Waals surface area (Å²) < 4.78 is 5.80. The maximum absolute atomic E-state index is 13.4. The number of halogens is 1. The van der Waals surface area contributed by atoms with Crippen molar-refractivity contribution in [3.05, 3.63) is 71.1 Å². The number of nitrogens with one attached hydrogen (secondary N) is 2. The Bertz CT molecular complexity index is 1380. The van der Waals surface area contributed by atoms with Crippen molar-refractivity contribution in [3.63, 3.8) is 0 Å². The van der Waals surface area contributed by atoms with Gasteiger partial charge in [0.25, 0.3) is 0 Å². The van der Waals surface area contributed by atoms with E-state index in [1.54, 1.807) is 18.2 Å². The molecule has 1 fully saturated rings. The Balaban J connectivity index is 1.39. The molecule has 0 radical (unpaired) electrons. The molecular weight excluding hydrogens is 470 g/mol. The number of ether oxygens (including phenoxy) is 1. The van der Waals surface area contributed by atoms with Gasteiger partial charge in [-0.25, -0.2) is 9.97 Å². The molecule has 0 spiro atoms. The summed E-state index contributed by atoms with van der Waals surface area (Å²) in [6.45, 7) is 0. The molecule has 2 aromatic carbocycles. The second-order valence-corrected chi connectivity index (χ2v) is 8.84. The van der Waals surface area contributed by atoms with Crippen LogP contribution in [0.4, 0.5) is 5.82 Å². The van der Waals surface area contributed by atoms with E-state index in [4.69, 9.17) is 16.3 Å². The molecule has 1 saturated carbocycles. The monoisotopic (exact) mass is 491 g/mol. The van der Waals surface area contributed by atoms with Crippen LogP contribution in [0.2, 0.25) is 5.02 Å². The standard InChI is InChI=1S/C25H22ClN5O4/c26-19-12-17(35-16-4-2-1-3-5-16)10-11-18(19)22(32)21-20-23(27-13-28-24(20)31-30-21)29-15-8-6-14(7-9-15)25(33)34/h1-5,10-15H,6-9H2,(H,33,34)(H2,27,28,29,30,31)/t14-,15-. The number of H-pyrrole nitrogens is 1. The molecule has 9 nitrogen and oxygen atoms in total. The number of hydrogen-bond acceptors (Lipinski definition) is 7. The predicted molar refractivity (Wildman–Crippen MR) is 130 cm³/mol. The average Bonchev–Trinajstić information content (AvgIpc) is 3.30. The van der Waals surface area contributed by atoms with Crippen LogP contribution >= 0.6 is 11.6 Å². The van der Waals surface area contributed by atoms with Gasteiger partial charge in [0.15, 0.2) is 5.65 Å². The van der Waals surface area contributed by atoms with Gasteiger partial charge in [-0.05, 0) is 49.9 Å². The number of ketones is 1. The molecule has 2 aromatic heterocycles. The number of hydrogen-bond donors (Lipinski definition) is 3. The van der Waals surface area contributed by atoms with Crippen LogP contribution in [0.25, 0.3) is 11.0 Å². The maximum atomic E-state index is 13.4. The second-order valence-electron chi connectivity index (χ2n) is 8.44. The van der Waals surface area contributed by atoms with Crippen molar-refractivity contribution in [1.82, 2.24) is 20.2 Å². The van der Waals surface area contributed by atoms with Crippen LogP contribution in [0.15, 0.2) is 54.9 Å². The number of fused-ring (bicyclic) bond motifs is 1. The lowest BCUT2D eigenvalue weighted by Crippen LogP contribution is -2.29. The molecule has 0 unspecified atom stereocenters. The topological polar surface area (TPSA) is 130 Å². The van der Waals surface area contributed by atoms with E-state index in [9.17, 15) is 14.7 Å². The van der Waals surface area contributed by atoms with Crippen molar-refractivity contribution >= 4 is 40.2 Å². The summed E-state index contributed by atoms with van der Waals surface area (Å²) >= 11 is 6.46. The zero-order valence-electron chi connectivity index (χ0n) is 18.6. The molecule has 10 heteroatoms. The first kappa shape index (κ1) is 22.8. The molecule has 1 aliphatic rings. The molecule has 1 aliphatic carbocycles. The van der Waals surface area contributed by atoms with Gasteiger partial charge < -0.3 is 15.2 Å². The van der Waals surface area contributed by atoms with E-state index >= 15 is 0 Å². The van der Waals surface area contributed by atoms with Crippen molar-refractivity contribution in [1.29, 1.82) is 0 Å². The van der Waals surface area contributed by atoms with E-state index in [-0.39, 0.29) is 34.0 Å². The van der Waals surface area contributed by atoms with Crippen LogP contribution in [0.3, 0.4) is 0 Å². The third-order valence-corrected chi connectivity index (χ3v) is 6.47. The first-order chi connectivity index (χ1) is 17.0. The van der Waals surface area contributed by atoms with Gasteiger partial charge in [0, 0.05) is 17.7 Å². The maximum Gasteiger partial charge on any atom is 0.306 e. The SMILES string of the molecule is O=C(c1ccc(Oc2ccccc2)cc1Cl)c1n[nH]c2ncnc(N[C@H]3CC[C@H](C(=O)O)CC3)c12. The smallest absolute Gasteiger partial charge is 0.306 e. The first-order valence-electron chi connectivity index (χ1n) is 11.2. The Hall–Kier alpha value is -3.98. The van der Waals surface area contributed by atoms with Gasteiger partial charge >= 0.3 is 5.97 Å². The fraction of sp³-hybridized carbons (Fsp3) is 0.240. The molecule has 0 bridgehead atoms. The quantitative estimate of drug-likeness (QED) is 0.305. The van der Waals surface area contributed by atoms with Crippen LogP contribution in [0, 0.1) is 5.92 Å². The van der Waals surface area contributed by atoms with E-state index in [1.807, 2.05) is 30.3 Å². The van der Waals surface area contributed by atoms with Crippen molar-refractivity contribution in [2.24, 2.45) is 5.92 Å². The predicted octanol–water partition coefficient (Wildman–Crippen LogP) is 5.08. The molecule has 4 aromatic rings. The number of para-hydroxylation sites is 1. The Morgan fingerprint density at radius 3 is 2.51 bits per heavy atom. The highest BCUT2D eigenvalue weighted by molar-refractivity contribution is 6.35. The number of rotatable bonds is 7. The lowest BCUT2D eigenvalue weighted by atomic mass is 9.86. The number of carbonyl (C=O) groups is 2. The molecule has 0 aliphatic heterocycles. The zero-order chi connectivity index (χ0) is 24.4. The summed E-state index contributed by atoms with van der Waals surface area (Å²) in [5.41, 5.74) is 0.850. The lowest BCUT2D eigenvalue weighted by Gasteiger charge is -2.27. The number of aromatic nitrogens is 4. The number of carboxylic acids is 1. The molecular formula is C25H22ClN5O4. The molecule has 0 atom stereocenters. The van der Waals surface area contributed by atoms with E-state index in [1.165, 1.54) is 6.33 Å². The Morgan fingerprint density at radius 2 is 1.80 bits per heavy atom. The summed E-state index contributed by atoms with van der Waals surface area (Å²) in [7, 11) is 0. The van der Waals surface area contributed by atoms with Crippen molar-refractivity contribution in [2.75, 3.05) is 5.32 Å².